The first-order chi connectivity index (χ1) is 8.66. The molecule has 0 N–H and O–H groups in total. The van der Waals surface area contributed by atoms with Crippen LogP contribution in [0.25, 0.3) is 0 Å². The summed E-state index contributed by atoms with van der Waals surface area (Å²) >= 11 is 13.0. The summed E-state index contributed by atoms with van der Waals surface area (Å²) in [4.78, 5) is 0. The molecule has 0 aliphatic carbocycles. The number of benzene rings is 2. The van der Waals surface area contributed by atoms with Crippen molar-refractivity contribution in [3.8, 4) is 0 Å². The second-order valence-electron chi connectivity index (χ2n) is 3.97. The van der Waals surface area contributed by atoms with Gasteiger partial charge < -0.3 is 0 Å². The van der Waals surface area contributed by atoms with Crippen molar-refractivity contribution in [1.29, 1.82) is 0 Å². The zero-order chi connectivity index (χ0) is 13.0. The van der Waals surface area contributed by atoms with E-state index in [9.17, 15) is 0 Å². The minimum absolute atomic E-state index is 0.356. The van der Waals surface area contributed by atoms with E-state index in [-0.39, 0.29) is 0 Å². The SMILES string of the molecule is CC(SC(=S)c1ccc(Cl)cc1)c1ccccc1. The van der Waals surface area contributed by atoms with Crippen LogP contribution >= 0.6 is 35.6 Å². The average Bonchev–Trinajstić information content (AvgIpc) is 2.40. The van der Waals surface area contributed by atoms with Crippen LogP contribution in [-0.4, -0.2) is 4.20 Å². The summed E-state index contributed by atoms with van der Waals surface area (Å²) in [5, 5.41) is 1.09. The second kappa shape index (κ2) is 6.37. The lowest BCUT2D eigenvalue weighted by Gasteiger charge is -2.12. The van der Waals surface area contributed by atoms with Gasteiger partial charge in [0, 0.05) is 10.3 Å². The molecule has 18 heavy (non-hydrogen) atoms. The molecule has 2 aromatic carbocycles. The van der Waals surface area contributed by atoms with Gasteiger partial charge in [0.25, 0.3) is 0 Å². The summed E-state index contributed by atoms with van der Waals surface area (Å²) in [6.45, 7) is 2.17. The Bertz CT molecular complexity index is 520. The largest absolute Gasteiger partial charge is 0.106 e. The van der Waals surface area contributed by atoms with Gasteiger partial charge in [0.15, 0.2) is 0 Å². The highest BCUT2D eigenvalue weighted by atomic mass is 35.5. The van der Waals surface area contributed by atoms with Crippen LogP contribution in [0.5, 0.6) is 0 Å². The van der Waals surface area contributed by atoms with Crippen molar-refractivity contribution in [3.05, 3.63) is 70.7 Å². The van der Waals surface area contributed by atoms with E-state index in [1.54, 1.807) is 11.8 Å². The number of hydrogen-bond donors (Lipinski definition) is 0. The minimum Gasteiger partial charge on any atom is -0.106 e. The maximum Gasteiger partial charge on any atom is 0.0784 e. The van der Waals surface area contributed by atoms with Crippen molar-refractivity contribution in [2.24, 2.45) is 0 Å². The molecule has 0 fully saturated rings. The molecule has 2 rings (SSSR count). The van der Waals surface area contributed by atoms with Gasteiger partial charge in [-0.15, -0.1) is 11.8 Å². The third kappa shape index (κ3) is 3.58. The Balaban J connectivity index is 2.06. The second-order valence-corrected chi connectivity index (χ2v) is 6.42. The molecule has 0 nitrogen and oxygen atoms in total. The average molecular weight is 293 g/mol. The predicted molar refractivity (Wildman–Crippen MR) is 85.6 cm³/mol. The lowest BCUT2D eigenvalue weighted by molar-refractivity contribution is 1.11. The standard InChI is InChI=1S/C15H13ClS2/c1-11(12-5-3-2-4-6-12)18-15(17)13-7-9-14(16)10-8-13/h2-11H,1H3. The van der Waals surface area contributed by atoms with E-state index in [0.29, 0.717) is 5.25 Å². The van der Waals surface area contributed by atoms with Crippen LogP contribution in [0.4, 0.5) is 0 Å². The van der Waals surface area contributed by atoms with Gasteiger partial charge in [-0.2, -0.15) is 0 Å². The van der Waals surface area contributed by atoms with Crippen LogP contribution in [0.2, 0.25) is 5.02 Å². The molecule has 92 valence electrons. The molecule has 1 atom stereocenters. The van der Waals surface area contributed by atoms with E-state index in [2.05, 4.69) is 31.2 Å². The zero-order valence-corrected chi connectivity index (χ0v) is 12.4. The molecule has 1 unspecified atom stereocenters. The van der Waals surface area contributed by atoms with E-state index in [1.165, 1.54) is 5.56 Å². The summed E-state index contributed by atoms with van der Waals surface area (Å²) in [5.41, 5.74) is 2.35. The third-order valence-electron chi connectivity index (χ3n) is 2.63. The topological polar surface area (TPSA) is 0 Å². The number of rotatable bonds is 3. The summed E-state index contributed by atoms with van der Waals surface area (Å²) in [7, 11) is 0. The Morgan fingerprint density at radius 3 is 2.28 bits per heavy atom. The quantitative estimate of drug-likeness (QED) is 0.684. The van der Waals surface area contributed by atoms with E-state index in [4.69, 9.17) is 23.8 Å². The zero-order valence-electron chi connectivity index (χ0n) is 9.97. The van der Waals surface area contributed by atoms with Crippen molar-refractivity contribution in [2.75, 3.05) is 0 Å². The highest BCUT2D eigenvalue weighted by molar-refractivity contribution is 8.23. The molecule has 0 radical (unpaired) electrons. The molecule has 3 heteroatoms. The van der Waals surface area contributed by atoms with E-state index in [1.807, 2.05) is 30.3 Å². The Morgan fingerprint density at radius 1 is 1.06 bits per heavy atom. The van der Waals surface area contributed by atoms with Crippen molar-refractivity contribution in [3.63, 3.8) is 0 Å². The normalized spacial score (nSPS) is 12.1. The molecular formula is C15H13ClS2. The number of thiocarbonyl (C=S) groups is 1. The van der Waals surface area contributed by atoms with Crippen molar-refractivity contribution < 1.29 is 0 Å². The number of thioether (sulfide) groups is 1. The molecular weight excluding hydrogens is 280 g/mol. The van der Waals surface area contributed by atoms with Gasteiger partial charge in [0.2, 0.25) is 0 Å². The highest BCUT2D eigenvalue weighted by Crippen LogP contribution is 2.31. The maximum absolute atomic E-state index is 5.87. The lowest BCUT2D eigenvalue weighted by atomic mass is 10.2. The number of halogens is 1. The summed E-state index contributed by atoms with van der Waals surface area (Å²) < 4.78 is 0.906. The molecule has 0 bridgehead atoms. The highest BCUT2D eigenvalue weighted by Gasteiger charge is 2.10. The first-order valence-electron chi connectivity index (χ1n) is 5.68. The fourth-order valence-electron chi connectivity index (χ4n) is 1.61. The molecule has 0 aliphatic rings. The summed E-state index contributed by atoms with van der Waals surface area (Å²) in [5.74, 6) is 0. The number of hydrogen-bond acceptors (Lipinski definition) is 2. The van der Waals surface area contributed by atoms with Crippen molar-refractivity contribution >= 4 is 39.8 Å². The first kappa shape index (κ1) is 13.6. The fraction of sp³-hybridized carbons (Fsp3) is 0.133. The minimum atomic E-state index is 0.356. The molecule has 0 saturated carbocycles. The Labute approximate surface area is 122 Å². The van der Waals surface area contributed by atoms with E-state index >= 15 is 0 Å². The van der Waals surface area contributed by atoms with Crippen molar-refractivity contribution in [2.45, 2.75) is 12.2 Å². The van der Waals surface area contributed by atoms with Gasteiger partial charge in [0.1, 0.15) is 0 Å². The van der Waals surface area contributed by atoms with Gasteiger partial charge in [-0.3, -0.25) is 0 Å². The predicted octanol–water partition coefficient (Wildman–Crippen LogP) is 5.51. The molecule has 0 aliphatic heterocycles. The first-order valence-corrected chi connectivity index (χ1v) is 7.35. The van der Waals surface area contributed by atoms with Crippen LogP contribution in [0.1, 0.15) is 23.3 Å². The molecule has 0 saturated heterocycles. The lowest BCUT2D eigenvalue weighted by Crippen LogP contribution is -1.96. The Morgan fingerprint density at radius 2 is 1.67 bits per heavy atom. The molecule has 0 spiro atoms. The van der Waals surface area contributed by atoms with E-state index < -0.39 is 0 Å². The van der Waals surface area contributed by atoms with E-state index in [0.717, 1.165) is 14.8 Å². The van der Waals surface area contributed by atoms with Crippen LogP contribution in [0.15, 0.2) is 54.6 Å². The van der Waals surface area contributed by atoms with Crippen LogP contribution in [0, 0.1) is 0 Å². The molecule has 2 aromatic rings. The van der Waals surface area contributed by atoms with Crippen molar-refractivity contribution in [1.82, 2.24) is 0 Å². The Kier molecular flexibility index (Phi) is 4.81. The molecule has 0 heterocycles. The Hall–Kier alpha value is -0.830. The van der Waals surface area contributed by atoms with Gasteiger partial charge in [-0.1, -0.05) is 66.3 Å². The third-order valence-corrected chi connectivity index (χ3v) is 4.48. The van der Waals surface area contributed by atoms with Gasteiger partial charge in [-0.05, 0) is 30.2 Å². The van der Waals surface area contributed by atoms with Gasteiger partial charge in [0.05, 0.1) is 4.20 Å². The molecule has 0 amide bonds. The smallest absolute Gasteiger partial charge is 0.0784 e. The van der Waals surface area contributed by atoms with Crippen LogP contribution in [0.3, 0.4) is 0 Å². The summed E-state index contributed by atoms with van der Waals surface area (Å²) in [6.07, 6.45) is 0. The van der Waals surface area contributed by atoms with Crippen LogP contribution in [-0.2, 0) is 0 Å². The van der Waals surface area contributed by atoms with Gasteiger partial charge >= 0.3 is 0 Å². The van der Waals surface area contributed by atoms with Crippen LogP contribution < -0.4 is 0 Å². The fourth-order valence-corrected chi connectivity index (χ4v) is 3.19. The summed E-state index contributed by atoms with van der Waals surface area (Å²) in [6, 6.07) is 18.1. The maximum atomic E-state index is 5.87. The van der Waals surface area contributed by atoms with Gasteiger partial charge in [-0.25, -0.2) is 0 Å². The molecule has 0 aromatic heterocycles. The monoisotopic (exact) mass is 292 g/mol.